The summed E-state index contributed by atoms with van der Waals surface area (Å²) in [4.78, 5) is 23.3. The average molecular weight is 216 g/mol. The van der Waals surface area contributed by atoms with E-state index in [1.54, 1.807) is 0 Å². The molecule has 0 saturated carbocycles. The molecule has 5 nitrogen and oxygen atoms in total. The van der Waals surface area contributed by atoms with Crippen LogP contribution in [0.2, 0.25) is 0 Å². The predicted octanol–water partition coefficient (Wildman–Crippen LogP) is 0.165. The van der Waals surface area contributed by atoms with Gasteiger partial charge >= 0.3 is 5.97 Å². The van der Waals surface area contributed by atoms with Crippen molar-refractivity contribution in [2.45, 2.75) is 20.3 Å². The van der Waals surface area contributed by atoms with Crippen LogP contribution in [0.5, 0.6) is 0 Å². The van der Waals surface area contributed by atoms with Crippen LogP contribution in [0, 0.1) is 5.92 Å². The molecule has 88 valence electrons. The van der Waals surface area contributed by atoms with Gasteiger partial charge in [0.1, 0.15) is 6.54 Å². The highest BCUT2D eigenvalue weighted by Crippen LogP contribution is 2.01. The number of likely N-dealkylation sites (N-methyl/N-ethyl adjacent to an activating group) is 1. The number of aliphatic carboxylic acids is 1. The van der Waals surface area contributed by atoms with E-state index in [2.05, 4.69) is 19.2 Å². The van der Waals surface area contributed by atoms with Crippen molar-refractivity contribution < 1.29 is 14.7 Å². The third kappa shape index (κ3) is 7.93. The quantitative estimate of drug-likeness (QED) is 0.636. The summed E-state index contributed by atoms with van der Waals surface area (Å²) in [6.45, 7) is 5.00. The summed E-state index contributed by atoms with van der Waals surface area (Å²) >= 11 is 0. The molecule has 0 radical (unpaired) electrons. The highest BCUT2D eigenvalue weighted by atomic mass is 16.4. The maximum atomic E-state index is 11.2. The van der Waals surface area contributed by atoms with Crippen molar-refractivity contribution in [1.82, 2.24) is 10.2 Å². The van der Waals surface area contributed by atoms with Gasteiger partial charge in [0.2, 0.25) is 5.91 Å². The Bertz CT molecular complexity index is 219. The molecular weight excluding hydrogens is 196 g/mol. The van der Waals surface area contributed by atoms with Crippen LogP contribution in [0.4, 0.5) is 0 Å². The molecule has 5 heteroatoms. The van der Waals surface area contributed by atoms with Crippen LogP contribution in [0.25, 0.3) is 0 Å². The average Bonchev–Trinajstić information content (AvgIpc) is 2.14. The number of carboxylic acid groups (broad SMARTS) is 1. The second-order valence-electron chi connectivity index (χ2n) is 3.88. The largest absolute Gasteiger partial charge is 0.480 e. The molecule has 0 saturated heterocycles. The summed E-state index contributed by atoms with van der Waals surface area (Å²) in [5.74, 6) is -0.724. The van der Waals surface area contributed by atoms with Crippen LogP contribution in [0.15, 0.2) is 0 Å². The number of amides is 1. The molecular formula is C10H20N2O3. The molecule has 0 aliphatic heterocycles. The lowest BCUT2D eigenvalue weighted by Gasteiger charge is -2.19. The minimum atomic E-state index is -1.02. The number of hydrogen-bond acceptors (Lipinski definition) is 3. The molecule has 0 aliphatic rings. The highest BCUT2D eigenvalue weighted by Gasteiger charge is 2.09. The maximum Gasteiger partial charge on any atom is 0.322 e. The van der Waals surface area contributed by atoms with E-state index in [9.17, 15) is 9.59 Å². The summed E-state index contributed by atoms with van der Waals surface area (Å²) in [5.41, 5.74) is 0. The lowest BCUT2D eigenvalue weighted by atomic mass is 10.1. The first kappa shape index (κ1) is 13.9. The van der Waals surface area contributed by atoms with Crippen LogP contribution in [0.1, 0.15) is 20.3 Å². The molecule has 1 atom stereocenters. The van der Waals surface area contributed by atoms with E-state index in [1.807, 2.05) is 11.9 Å². The fourth-order valence-electron chi connectivity index (χ4n) is 1.20. The van der Waals surface area contributed by atoms with Gasteiger partial charge in [-0.25, -0.2) is 0 Å². The zero-order valence-electron chi connectivity index (χ0n) is 9.62. The van der Waals surface area contributed by atoms with Crippen LogP contribution in [0.3, 0.4) is 0 Å². The monoisotopic (exact) mass is 216 g/mol. The number of nitrogens with one attached hydrogen (secondary N) is 1. The van der Waals surface area contributed by atoms with Gasteiger partial charge < -0.3 is 10.4 Å². The van der Waals surface area contributed by atoms with Crippen LogP contribution in [-0.4, -0.2) is 48.6 Å². The first-order valence-electron chi connectivity index (χ1n) is 5.12. The van der Waals surface area contributed by atoms with Gasteiger partial charge in [0.05, 0.1) is 6.54 Å². The van der Waals surface area contributed by atoms with Gasteiger partial charge in [-0.15, -0.1) is 0 Å². The summed E-state index contributed by atoms with van der Waals surface area (Å²) < 4.78 is 0. The second kappa shape index (κ2) is 7.23. The summed E-state index contributed by atoms with van der Waals surface area (Å²) in [6, 6.07) is 0. The number of rotatable bonds is 7. The summed E-state index contributed by atoms with van der Waals surface area (Å²) in [6.07, 6.45) is 1.07. The van der Waals surface area contributed by atoms with Crippen molar-refractivity contribution in [3.63, 3.8) is 0 Å². The normalized spacial score (nSPS) is 12.5. The third-order valence-electron chi connectivity index (χ3n) is 2.17. The molecule has 0 heterocycles. The predicted molar refractivity (Wildman–Crippen MR) is 57.6 cm³/mol. The number of carbonyl (C=O) groups excluding carboxylic acids is 1. The maximum absolute atomic E-state index is 11.2. The molecule has 0 bridgehead atoms. The molecule has 0 fully saturated rings. The van der Waals surface area contributed by atoms with E-state index in [0.717, 1.165) is 13.0 Å². The SMILES string of the molecule is CCC(C)CN(C)CC(=O)NCC(=O)O. The molecule has 0 aromatic rings. The molecule has 1 amide bonds. The van der Waals surface area contributed by atoms with E-state index in [-0.39, 0.29) is 19.0 Å². The lowest BCUT2D eigenvalue weighted by Crippen LogP contribution is -2.39. The molecule has 0 rings (SSSR count). The van der Waals surface area contributed by atoms with Gasteiger partial charge in [-0.2, -0.15) is 0 Å². The first-order chi connectivity index (χ1) is 6.95. The van der Waals surface area contributed by atoms with Gasteiger partial charge in [0.25, 0.3) is 0 Å². The lowest BCUT2D eigenvalue weighted by molar-refractivity contribution is -0.138. The Hall–Kier alpha value is -1.10. The number of carbonyl (C=O) groups is 2. The zero-order valence-corrected chi connectivity index (χ0v) is 9.62. The fourth-order valence-corrected chi connectivity index (χ4v) is 1.20. The standard InChI is InChI=1S/C10H20N2O3/c1-4-8(2)6-12(3)7-9(13)11-5-10(14)15/h8H,4-7H2,1-3H3,(H,11,13)(H,14,15). The van der Waals surface area contributed by atoms with Gasteiger partial charge in [0.15, 0.2) is 0 Å². The third-order valence-corrected chi connectivity index (χ3v) is 2.17. The molecule has 0 aliphatic carbocycles. The minimum Gasteiger partial charge on any atom is -0.480 e. The van der Waals surface area contributed by atoms with Crippen LogP contribution < -0.4 is 5.32 Å². The van der Waals surface area contributed by atoms with Crippen molar-refractivity contribution >= 4 is 11.9 Å². The van der Waals surface area contributed by atoms with Crippen molar-refractivity contribution in [2.24, 2.45) is 5.92 Å². The van der Waals surface area contributed by atoms with Gasteiger partial charge in [-0.05, 0) is 13.0 Å². The zero-order chi connectivity index (χ0) is 11.8. The molecule has 15 heavy (non-hydrogen) atoms. The van der Waals surface area contributed by atoms with Crippen molar-refractivity contribution in [1.29, 1.82) is 0 Å². The fraction of sp³-hybridized carbons (Fsp3) is 0.800. The van der Waals surface area contributed by atoms with Crippen molar-refractivity contribution in [2.75, 3.05) is 26.7 Å². The molecule has 0 aromatic heterocycles. The highest BCUT2D eigenvalue weighted by molar-refractivity contribution is 5.82. The van der Waals surface area contributed by atoms with E-state index in [1.165, 1.54) is 0 Å². The number of nitrogens with zero attached hydrogens (tertiary/aromatic N) is 1. The van der Waals surface area contributed by atoms with Gasteiger partial charge in [-0.3, -0.25) is 14.5 Å². The van der Waals surface area contributed by atoms with E-state index < -0.39 is 5.97 Å². The molecule has 0 spiro atoms. The van der Waals surface area contributed by atoms with Crippen molar-refractivity contribution in [3.8, 4) is 0 Å². The number of carboxylic acids is 1. The minimum absolute atomic E-state index is 0.247. The Morgan fingerprint density at radius 3 is 2.53 bits per heavy atom. The Morgan fingerprint density at radius 2 is 2.07 bits per heavy atom. The second-order valence-corrected chi connectivity index (χ2v) is 3.88. The Labute approximate surface area is 90.5 Å². The smallest absolute Gasteiger partial charge is 0.322 e. The van der Waals surface area contributed by atoms with Crippen LogP contribution >= 0.6 is 0 Å². The van der Waals surface area contributed by atoms with Crippen LogP contribution in [-0.2, 0) is 9.59 Å². The van der Waals surface area contributed by atoms with Gasteiger partial charge in [-0.1, -0.05) is 20.3 Å². The topological polar surface area (TPSA) is 69.6 Å². The summed E-state index contributed by atoms with van der Waals surface area (Å²) in [7, 11) is 1.85. The molecule has 0 aromatic carbocycles. The van der Waals surface area contributed by atoms with Gasteiger partial charge in [0, 0.05) is 6.54 Å². The molecule has 1 unspecified atom stereocenters. The van der Waals surface area contributed by atoms with E-state index in [4.69, 9.17) is 5.11 Å². The Morgan fingerprint density at radius 1 is 1.47 bits per heavy atom. The van der Waals surface area contributed by atoms with E-state index >= 15 is 0 Å². The first-order valence-corrected chi connectivity index (χ1v) is 5.12. The molecule has 2 N–H and O–H groups in total. The Balaban J connectivity index is 3.71. The Kier molecular flexibility index (Phi) is 6.70. The van der Waals surface area contributed by atoms with E-state index in [0.29, 0.717) is 5.92 Å². The van der Waals surface area contributed by atoms with Crippen molar-refractivity contribution in [3.05, 3.63) is 0 Å². The number of hydrogen-bond donors (Lipinski definition) is 2. The summed E-state index contributed by atoms with van der Waals surface area (Å²) in [5, 5.41) is 10.7.